The molecule has 0 atom stereocenters. The molecule has 0 aliphatic carbocycles. The van der Waals surface area contributed by atoms with E-state index in [4.69, 9.17) is 5.26 Å². The van der Waals surface area contributed by atoms with E-state index in [1.165, 1.54) is 0 Å². The molecule has 0 aromatic heterocycles. The number of hydrogen-bond acceptors (Lipinski definition) is 5. The van der Waals surface area contributed by atoms with Crippen molar-refractivity contribution in [2.45, 2.75) is 6.92 Å². The first-order valence-electron chi connectivity index (χ1n) is 5.58. The number of carbonyl (C=O) groups excluding carboxylic acids is 2. The minimum absolute atomic E-state index is 0.0585. The van der Waals surface area contributed by atoms with Crippen molar-refractivity contribution >= 4 is 29.3 Å². The third-order valence-corrected chi connectivity index (χ3v) is 2.99. The summed E-state index contributed by atoms with van der Waals surface area (Å²) in [5, 5.41) is 10.9. The van der Waals surface area contributed by atoms with Crippen molar-refractivity contribution in [3.05, 3.63) is 29.8 Å². The van der Waals surface area contributed by atoms with Gasteiger partial charge in [-0.25, -0.2) is 0 Å². The highest BCUT2D eigenvalue weighted by Crippen LogP contribution is 2.09. The van der Waals surface area contributed by atoms with Gasteiger partial charge in [0.1, 0.15) is 6.07 Å². The fourth-order valence-corrected chi connectivity index (χ4v) is 1.83. The van der Waals surface area contributed by atoms with Crippen LogP contribution in [0.4, 0.5) is 5.69 Å². The Kier molecular flexibility index (Phi) is 6.47. The van der Waals surface area contributed by atoms with Crippen molar-refractivity contribution in [2.75, 3.05) is 23.4 Å². The van der Waals surface area contributed by atoms with E-state index < -0.39 is 5.97 Å². The Hall–Kier alpha value is -2.00. The molecule has 0 saturated carbocycles. The van der Waals surface area contributed by atoms with Gasteiger partial charge in [0.05, 0.1) is 11.5 Å². The van der Waals surface area contributed by atoms with Crippen LogP contribution in [0.15, 0.2) is 24.3 Å². The van der Waals surface area contributed by atoms with Crippen LogP contribution >= 0.6 is 11.8 Å². The molecule has 0 unspecified atom stereocenters. The van der Waals surface area contributed by atoms with Crippen LogP contribution in [0.25, 0.3) is 0 Å². The Balaban J connectivity index is 2.23. The van der Waals surface area contributed by atoms with Gasteiger partial charge in [0.2, 0.25) is 5.91 Å². The van der Waals surface area contributed by atoms with E-state index in [1.54, 1.807) is 6.07 Å². The van der Waals surface area contributed by atoms with Crippen molar-refractivity contribution < 1.29 is 14.3 Å². The first kappa shape index (κ1) is 15.1. The number of benzene rings is 1. The summed E-state index contributed by atoms with van der Waals surface area (Å²) in [5.41, 5.74) is 1.84. The highest BCUT2D eigenvalue weighted by molar-refractivity contribution is 8.00. The molecule has 0 aliphatic heterocycles. The van der Waals surface area contributed by atoms with Crippen LogP contribution in [0.5, 0.6) is 0 Å². The average molecular weight is 278 g/mol. The Labute approximate surface area is 115 Å². The summed E-state index contributed by atoms with van der Waals surface area (Å²) < 4.78 is 4.55. The van der Waals surface area contributed by atoms with Crippen molar-refractivity contribution in [1.29, 1.82) is 5.26 Å². The molecule has 0 fully saturated rings. The number of nitriles is 1. The van der Waals surface area contributed by atoms with Gasteiger partial charge in [-0.3, -0.25) is 9.59 Å². The summed E-state index contributed by atoms with van der Waals surface area (Å²) in [4.78, 5) is 22.6. The van der Waals surface area contributed by atoms with Gasteiger partial charge in [0, 0.05) is 5.69 Å². The highest BCUT2D eigenvalue weighted by atomic mass is 32.2. The molecule has 6 heteroatoms. The molecule has 0 heterocycles. The van der Waals surface area contributed by atoms with Gasteiger partial charge in [0.25, 0.3) is 0 Å². The van der Waals surface area contributed by atoms with Crippen molar-refractivity contribution in [3.8, 4) is 6.07 Å². The number of aryl methyl sites for hydroxylation is 1. The lowest BCUT2D eigenvalue weighted by Crippen LogP contribution is -2.16. The third kappa shape index (κ3) is 6.48. The number of hydrogen-bond donors (Lipinski definition) is 1. The molecule has 0 spiro atoms. The number of amides is 1. The minimum Gasteiger partial charge on any atom is -0.450 e. The number of nitrogens with one attached hydrogen (secondary N) is 1. The molecule has 5 nitrogen and oxygen atoms in total. The predicted molar refractivity (Wildman–Crippen MR) is 73.7 cm³/mol. The largest absolute Gasteiger partial charge is 0.450 e. The van der Waals surface area contributed by atoms with Gasteiger partial charge in [-0.15, -0.1) is 11.8 Å². The standard InChI is InChI=1S/C13H14N2O3S/c1-10-2-4-11(5-3-10)15-12(16)8-19-9-13(17)18-7-6-14/h2-5H,7-9H2,1H3,(H,15,16). The predicted octanol–water partition coefficient (Wildman–Crippen LogP) is 1.73. The smallest absolute Gasteiger partial charge is 0.316 e. The second-order valence-corrected chi connectivity index (χ2v) is 4.71. The number of esters is 1. The average Bonchev–Trinajstić information content (AvgIpc) is 2.39. The number of rotatable bonds is 6. The van der Waals surface area contributed by atoms with E-state index in [-0.39, 0.29) is 24.0 Å². The maximum absolute atomic E-state index is 11.6. The van der Waals surface area contributed by atoms with Gasteiger partial charge in [-0.2, -0.15) is 5.26 Å². The quantitative estimate of drug-likeness (QED) is 0.802. The zero-order valence-corrected chi connectivity index (χ0v) is 11.3. The summed E-state index contributed by atoms with van der Waals surface area (Å²) >= 11 is 1.15. The molecule has 0 aliphatic rings. The summed E-state index contributed by atoms with van der Waals surface area (Å²) in [5.74, 6) is -0.449. The number of thioether (sulfide) groups is 1. The van der Waals surface area contributed by atoms with Gasteiger partial charge in [0.15, 0.2) is 6.61 Å². The first-order valence-corrected chi connectivity index (χ1v) is 6.74. The Bertz CT molecular complexity index is 480. The molecule has 0 bridgehead atoms. The van der Waals surface area contributed by atoms with Crippen molar-refractivity contribution in [3.63, 3.8) is 0 Å². The van der Waals surface area contributed by atoms with E-state index >= 15 is 0 Å². The Morgan fingerprint density at radius 2 is 2.00 bits per heavy atom. The summed E-state index contributed by atoms with van der Waals surface area (Å²) in [6.45, 7) is 1.71. The SMILES string of the molecule is Cc1ccc(NC(=O)CSCC(=O)OCC#N)cc1. The summed E-state index contributed by atoms with van der Waals surface area (Å²) in [6, 6.07) is 9.15. The Morgan fingerprint density at radius 3 is 2.63 bits per heavy atom. The van der Waals surface area contributed by atoms with Crippen LogP contribution in [0, 0.1) is 18.3 Å². The second-order valence-electron chi connectivity index (χ2n) is 3.73. The summed E-state index contributed by atoms with van der Waals surface area (Å²) in [6.07, 6.45) is 0. The van der Waals surface area contributed by atoms with Crippen molar-refractivity contribution in [1.82, 2.24) is 0 Å². The van der Waals surface area contributed by atoms with Crippen LogP contribution < -0.4 is 5.32 Å². The molecule has 1 aromatic rings. The topological polar surface area (TPSA) is 79.2 Å². The molecule has 1 aromatic carbocycles. The number of ether oxygens (including phenoxy) is 1. The molecule has 1 rings (SSSR count). The molecule has 1 N–H and O–H groups in total. The lowest BCUT2D eigenvalue weighted by Gasteiger charge is -2.05. The molecule has 19 heavy (non-hydrogen) atoms. The van der Waals surface area contributed by atoms with E-state index in [2.05, 4.69) is 10.1 Å². The van der Waals surface area contributed by atoms with Gasteiger partial charge in [-0.05, 0) is 19.1 Å². The maximum Gasteiger partial charge on any atom is 0.316 e. The van der Waals surface area contributed by atoms with E-state index in [9.17, 15) is 9.59 Å². The fourth-order valence-electron chi connectivity index (χ4n) is 1.22. The molecule has 0 radical (unpaired) electrons. The normalized spacial score (nSPS) is 9.47. The van der Waals surface area contributed by atoms with E-state index in [0.717, 1.165) is 23.0 Å². The molecular formula is C13H14N2O3S. The van der Waals surface area contributed by atoms with Crippen LogP contribution in [0.1, 0.15) is 5.56 Å². The second kappa shape index (κ2) is 8.16. The monoisotopic (exact) mass is 278 g/mol. The first-order chi connectivity index (χ1) is 9.11. The third-order valence-electron chi connectivity index (χ3n) is 2.09. The van der Waals surface area contributed by atoms with Gasteiger partial charge < -0.3 is 10.1 Å². The van der Waals surface area contributed by atoms with Crippen LogP contribution in [0.2, 0.25) is 0 Å². The van der Waals surface area contributed by atoms with Gasteiger partial charge >= 0.3 is 5.97 Å². The van der Waals surface area contributed by atoms with Crippen molar-refractivity contribution in [2.24, 2.45) is 0 Å². The summed E-state index contributed by atoms with van der Waals surface area (Å²) in [7, 11) is 0. The van der Waals surface area contributed by atoms with Crippen LogP contribution in [-0.2, 0) is 14.3 Å². The minimum atomic E-state index is -0.491. The fraction of sp³-hybridized carbons (Fsp3) is 0.308. The molecule has 0 saturated heterocycles. The molecule has 1 amide bonds. The Morgan fingerprint density at radius 1 is 1.32 bits per heavy atom. The lowest BCUT2D eigenvalue weighted by molar-refractivity contribution is -0.139. The number of anilines is 1. The number of nitrogens with zero attached hydrogens (tertiary/aromatic N) is 1. The zero-order valence-electron chi connectivity index (χ0n) is 10.5. The number of carbonyl (C=O) groups is 2. The van der Waals surface area contributed by atoms with E-state index in [0.29, 0.717) is 0 Å². The van der Waals surface area contributed by atoms with Crippen LogP contribution in [-0.4, -0.2) is 30.0 Å². The van der Waals surface area contributed by atoms with E-state index in [1.807, 2.05) is 31.2 Å². The van der Waals surface area contributed by atoms with Gasteiger partial charge in [-0.1, -0.05) is 17.7 Å². The zero-order chi connectivity index (χ0) is 14.1. The highest BCUT2D eigenvalue weighted by Gasteiger charge is 2.06. The maximum atomic E-state index is 11.6. The molecular weight excluding hydrogens is 264 g/mol. The molecule has 100 valence electrons. The van der Waals surface area contributed by atoms with Crippen LogP contribution in [0.3, 0.4) is 0 Å². The lowest BCUT2D eigenvalue weighted by atomic mass is 10.2.